The molecule has 3 aromatic carbocycles. The van der Waals surface area contributed by atoms with E-state index in [-0.39, 0.29) is 11.6 Å². The van der Waals surface area contributed by atoms with Crippen molar-refractivity contribution in [3.63, 3.8) is 0 Å². The van der Waals surface area contributed by atoms with Crippen molar-refractivity contribution < 1.29 is 24.2 Å². The van der Waals surface area contributed by atoms with Gasteiger partial charge in [0.05, 0.1) is 18.2 Å². The minimum absolute atomic E-state index is 0.248. The fourth-order valence-corrected chi connectivity index (χ4v) is 4.00. The molecule has 160 valence electrons. The van der Waals surface area contributed by atoms with E-state index in [1.165, 1.54) is 6.21 Å². The first-order valence-electron chi connectivity index (χ1n) is 9.60. The summed E-state index contributed by atoms with van der Waals surface area (Å²) in [6, 6.07) is 19.8. The fraction of sp³-hybridized carbons (Fsp3) is 0.0870. The molecule has 4 rings (SSSR count). The van der Waals surface area contributed by atoms with Crippen LogP contribution >= 0.6 is 11.8 Å². The Hall–Kier alpha value is -3.98. The van der Waals surface area contributed by atoms with Crippen LogP contribution in [-0.2, 0) is 9.59 Å². The molecule has 3 aromatic rings. The number of hydrogen-bond donors (Lipinski definition) is 2. The summed E-state index contributed by atoms with van der Waals surface area (Å²) in [4.78, 5) is 35.0. The third-order valence-corrected chi connectivity index (χ3v) is 5.66. The topological polar surface area (TPSA) is 117 Å². The van der Waals surface area contributed by atoms with Crippen molar-refractivity contribution in [1.29, 1.82) is 0 Å². The Morgan fingerprint density at radius 3 is 2.59 bits per heavy atom. The third-order valence-electron chi connectivity index (χ3n) is 4.59. The van der Waals surface area contributed by atoms with Crippen LogP contribution in [0.2, 0.25) is 0 Å². The molecule has 32 heavy (non-hydrogen) atoms. The number of amides is 1. The van der Waals surface area contributed by atoms with Gasteiger partial charge in [-0.05, 0) is 46.7 Å². The van der Waals surface area contributed by atoms with Gasteiger partial charge in [-0.15, -0.1) is 5.10 Å². The number of carbonyl (C=O) groups excluding carboxylic acids is 2. The number of thioether (sulfide) groups is 1. The molecule has 9 heteroatoms. The maximum Gasteiger partial charge on any atom is 0.344 e. The molecule has 1 heterocycles. The van der Waals surface area contributed by atoms with Crippen molar-refractivity contribution in [2.24, 2.45) is 10.2 Å². The van der Waals surface area contributed by atoms with E-state index in [9.17, 15) is 14.4 Å². The standard InChI is InChI=1S/C23H17N3O5S/c27-20(28)12-19-21(29)25-23(32-19)26-24-13-14-8-10-16(11-9-14)31-22(30)18-7-3-5-15-4-1-2-6-17(15)18/h1-11,13,19H,12H2,(H,27,28)(H,25,26,29). The molecule has 0 aromatic heterocycles. The molecule has 1 atom stereocenters. The molecule has 1 saturated heterocycles. The highest BCUT2D eigenvalue weighted by atomic mass is 32.2. The van der Waals surface area contributed by atoms with Crippen LogP contribution in [0.25, 0.3) is 10.8 Å². The summed E-state index contributed by atoms with van der Waals surface area (Å²) in [7, 11) is 0. The van der Waals surface area contributed by atoms with Crippen LogP contribution in [-0.4, -0.2) is 39.6 Å². The quantitative estimate of drug-likeness (QED) is 0.259. The zero-order valence-electron chi connectivity index (χ0n) is 16.6. The number of nitrogens with one attached hydrogen (secondary N) is 1. The Labute approximate surface area is 187 Å². The third kappa shape index (κ3) is 5.01. The molecule has 8 nitrogen and oxygen atoms in total. The van der Waals surface area contributed by atoms with Crippen molar-refractivity contribution in [2.75, 3.05) is 0 Å². The number of carboxylic acids is 1. The minimum Gasteiger partial charge on any atom is -0.481 e. The Morgan fingerprint density at radius 2 is 1.81 bits per heavy atom. The van der Waals surface area contributed by atoms with E-state index in [0.717, 1.165) is 22.5 Å². The van der Waals surface area contributed by atoms with Crippen molar-refractivity contribution >= 4 is 51.8 Å². The molecule has 0 bridgehead atoms. The second-order valence-corrected chi connectivity index (χ2v) is 8.02. The summed E-state index contributed by atoms with van der Waals surface area (Å²) in [5.41, 5.74) is 1.19. The maximum atomic E-state index is 12.6. The molecule has 1 aliphatic rings. The van der Waals surface area contributed by atoms with Gasteiger partial charge in [-0.3, -0.25) is 9.59 Å². The summed E-state index contributed by atoms with van der Waals surface area (Å²) in [6.07, 6.45) is 1.19. The monoisotopic (exact) mass is 447 g/mol. The van der Waals surface area contributed by atoms with Gasteiger partial charge in [0.15, 0.2) is 5.17 Å². The molecule has 1 unspecified atom stereocenters. The van der Waals surface area contributed by atoms with Crippen LogP contribution in [0.4, 0.5) is 0 Å². The van der Waals surface area contributed by atoms with Gasteiger partial charge in [-0.2, -0.15) is 5.10 Å². The summed E-state index contributed by atoms with van der Waals surface area (Å²) in [6.45, 7) is 0. The van der Waals surface area contributed by atoms with Crippen molar-refractivity contribution in [3.8, 4) is 5.75 Å². The zero-order valence-corrected chi connectivity index (χ0v) is 17.4. The molecular weight excluding hydrogens is 430 g/mol. The number of nitrogens with zero attached hydrogens (tertiary/aromatic N) is 2. The van der Waals surface area contributed by atoms with Crippen LogP contribution in [0.1, 0.15) is 22.3 Å². The van der Waals surface area contributed by atoms with Crippen LogP contribution in [0.15, 0.2) is 76.9 Å². The van der Waals surface area contributed by atoms with Gasteiger partial charge >= 0.3 is 11.9 Å². The van der Waals surface area contributed by atoms with Crippen LogP contribution in [0.5, 0.6) is 5.75 Å². The van der Waals surface area contributed by atoms with Gasteiger partial charge in [0.25, 0.3) is 0 Å². The normalized spacial score (nSPS) is 17.1. The Morgan fingerprint density at radius 1 is 1.06 bits per heavy atom. The summed E-state index contributed by atoms with van der Waals surface area (Å²) in [5, 5.41) is 20.4. The second kappa shape index (κ2) is 9.44. The molecule has 1 amide bonds. The number of benzene rings is 3. The predicted octanol–water partition coefficient (Wildman–Crippen LogP) is 3.46. The van der Waals surface area contributed by atoms with Crippen molar-refractivity contribution in [3.05, 3.63) is 77.9 Å². The molecular formula is C23H17N3O5S. The highest BCUT2D eigenvalue weighted by Gasteiger charge is 2.32. The number of rotatable bonds is 6. The lowest BCUT2D eigenvalue weighted by atomic mass is 10.0. The summed E-state index contributed by atoms with van der Waals surface area (Å²) >= 11 is 1.03. The number of esters is 1. The Kier molecular flexibility index (Phi) is 6.27. The smallest absolute Gasteiger partial charge is 0.344 e. The molecule has 0 spiro atoms. The van der Waals surface area contributed by atoms with Gasteiger partial charge < -0.3 is 15.2 Å². The van der Waals surface area contributed by atoms with Crippen molar-refractivity contribution in [1.82, 2.24) is 5.32 Å². The number of fused-ring (bicyclic) bond motifs is 1. The number of carboxylic acid groups (broad SMARTS) is 1. The highest BCUT2D eigenvalue weighted by Crippen LogP contribution is 2.23. The molecule has 1 fully saturated rings. The first-order chi connectivity index (χ1) is 15.5. The first-order valence-corrected chi connectivity index (χ1v) is 10.5. The average molecular weight is 447 g/mol. The summed E-state index contributed by atoms with van der Waals surface area (Å²) in [5.74, 6) is -1.51. The average Bonchev–Trinajstić information content (AvgIpc) is 3.12. The van der Waals surface area contributed by atoms with E-state index in [0.29, 0.717) is 16.9 Å². The Balaban J connectivity index is 1.39. The number of aliphatic carboxylic acids is 1. The highest BCUT2D eigenvalue weighted by molar-refractivity contribution is 8.15. The van der Waals surface area contributed by atoms with Crippen molar-refractivity contribution in [2.45, 2.75) is 11.7 Å². The van der Waals surface area contributed by atoms with Crippen LogP contribution in [0.3, 0.4) is 0 Å². The van der Waals surface area contributed by atoms with E-state index >= 15 is 0 Å². The number of ether oxygens (including phenoxy) is 1. The fourth-order valence-electron chi connectivity index (χ4n) is 3.08. The molecule has 0 radical (unpaired) electrons. The zero-order chi connectivity index (χ0) is 22.5. The van der Waals surface area contributed by atoms with E-state index in [1.807, 2.05) is 36.4 Å². The van der Waals surface area contributed by atoms with Crippen LogP contribution < -0.4 is 10.1 Å². The van der Waals surface area contributed by atoms with Gasteiger partial charge in [-0.1, -0.05) is 48.2 Å². The summed E-state index contributed by atoms with van der Waals surface area (Å²) < 4.78 is 5.49. The minimum atomic E-state index is -1.05. The Bertz CT molecular complexity index is 1250. The number of carbonyl (C=O) groups is 3. The van der Waals surface area contributed by atoms with Gasteiger partial charge in [0, 0.05) is 0 Å². The lowest BCUT2D eigenvalue weighted by molar-refractivity contribution is -0.138. The number of hydrogen-bond acceptors (Lipinski definition) is 7. The van der Waals surface area contributed by atoms with Gasteiger partial charge in [-0.25, -0.2) is 4.79 Å². The lowest BCUT2D eigenvalue weighted by Gasteiger charge is -2.07. The van der Waals surface area contributed by atoms with E-state index in [2.05, 4.69) is 15.5 Å². The van der Waals surface area contributed by atoms with Crippen LogP contribution in [0, 0.1) is 0 Å². The second-order valence-electron chi connectivity index (χ2n) is 6.83. The van der Waals surface area contributed by atoms with E-state index in [1.54, 1.807) is 30.3 Å². The SMILES string of the molecule is O=C(O)CC1S/C(=N/N=Cc2ccc(OC(=O)c3cccc4ccccc34)cc2)NC1=O. The predicted molar refractivity (Wildman–Crippen MR) is 122 cm³/mol. The maximum absolute atomic E-state index is 12.6. The van der Waals surface area contributed by atoms with E-state index < -0.39 is 23.1 Å². The lowest BCUT2D eigenvalue weighted by Crippen LogP contribution is -2.26. The van der Waals surface area contributed by atoms with Gasteiger partial charge in [0.2, 0.25) is 5.91 Å². The molecule has 1 aliphatic heterocycles. The van der Waals surface area contributed by atoms with Gasteiger partial charge in [0.1, 0.15) is 11.0 Å². The molecule has 0 aliphatic carbocycles. The number of amidine groups is 1. The largest absolute Gasteiger partial charge is 0.481 e. The molecule has 2 N–H and O–H groups in total. The molecule has 0 saturated carbocycles. The first kappa shape index (κ1) is 21.3. The van der Waals surface area contributed by atoms with E-state index in [4.69, 9.17) is 9.84 Å².